The summed E-state index contributed by atoms with van der Waals surface area (Å²) in [5, 5.41) is 15.2. The fourth-order valence-electron chi connectivity index (χ4n) is 0.123. The molecule has 0 fully saturated rings. The molecule has 0 aliphatic heterocycles. The number of thiocarbonyl (C=S) groups is 1. The summed E-state index contributed by atoms with van der Waals surface area (Å²) in [6, 6.07) is 0. The van der Waals surface area contributed by atoms with E-state index < -0.39 is 0 Å². The number of rotatable bonds is 2. The van der Waals surface area contributed by atoms with Crippen LogP contribution in [0.25, 0.3) is 0 Å². The Labute approximate surface area is 120 Å². The minimum atomic E-state index is -0.125. The van der Waals surface area contributed by atoms with E-state index in [-0.39, 0.29) is 64.6 Å². The number of ether oxygens (including phenoxy) is 1. The van der Waals surface area contributed by atoms with Crippen LogP contribution >= 0.6 is 24.8 Å². The van der Waals surface area contributed by atoms with Gasteiger partial charge in [0.15, 0.2) is 0 Å². The van der Waals surface area contributed by atoms with Gasteiger partial charge in [-0.15, -0.1) is 0 Å². The Morgan fingerprint density at radius 1 is 1.45 bits per heavy atom. The Hall–Kier alpha value is 1.80. The summed E-state index contributed by atoms with van der Waals surface area (Å²) in [6.45, 7) is 2.23. The van der Waals surface area contributed by atoms with Gasteiger partial charge in [-0.25, -0.2) is 0 Å². The number of aliphatic hydroxyl groups excluding tert-OH is 2. The van der Waals surface area contributed by atoms with Crippen LogP contribution < -0.4 is 0 Å². The summed E-state index contributed by atoms with van der Waals surface area (Å²) < 4.78 is 4.95. The van der Waals surface area contributed by atoms with E-state index in [0.29, 0.717) is 11.0 Å². The predicted octanol–water partition coefficient (Wildman–Crippen LogP) is -0.440. The second-order valence-corrected chi connectivity index (χ2v) is 2.23. The molecule has 0 rings (SSSR count). The van der Waals surface area contributed by atoms with Crippen LogP contribution in [0.1, 0.15) is 6.92 Å². The van der Waals surface area contributed by atoms with Crippen LogP contribution in [-0.4, -0.2) is 85.8 Å². The Morgan fingerprint density at radius 3 is 1.82 bits per heavy atom. The molecule has 0 aliphatic carbocycles. The molecule has 2 N–H and O–H groups in total. The zero-order valence-electron chi connectivity index (χ0n) is 5.78. The van der Waals surface area contributed by atoms with Gasteiger partial charge in [0.2, 0.25) is 4.38 Å². The molecule has 6 heteroatoms. The van der Waals surface area contributed by atoms with Crippen LogP contribution in [0.5, 0.6) is 0 Å². The molecule has 0 saturated heterocycles. The summed E-state index contributed by atoms with van der Waals surface area (Å²) in [5.41, 5.74) is 0. The Kier molecular flexibility index (Phi) is 30.0. The summed E-state index contributed by atoms with van der Waals surface area (Å²) >= 11 is 8.12. The molecule has 0 aromatic rings. The number of thiol groups is 1. The van der Waals surface area contributed by atoms with Crippen molar-refractivity contribution in [3.63, 3.8) is 0 Å². The third-order valence-corrected chi connectivity index (χ3v) is 0.615. The van der Waals surface area contributed by atoms with Crippen LogP contribution in [0.3, 0.4) is 0 Å². The van der Waals surface area contributed by atoms with Gasteiger partial charge in [0.05, 0.1) is 19.8 Å². The molecular formula is C5H13KO3S2. The molecule has 0 aromatic carbocycles. The first-order valence-corrected chi connectivity index (χ1v) is 3.62. The molecular weight excluding hydrogens is 211 g/mol. The first-order valence-electron chi connectivity index (χ1n) is 2.76. The van der Waals surface area contributed by atoms with Gasteiger partial charge in [-0.05, 0) is 19.1 Å². The van der Waals surface area contributed by atoms with Gasteiger partial charge in [0, 0.05) is 0 Å². The Morgan fingerprint density at radius 2 is 1.82 bits per heavy atom. The summed E-state index contributed by atoms with van der Waals surface area (Å²) in [4.78, 5) is 0. The maximum atomic E-state index is 7.62. The first kappa shape index (κ1) is 18.6. The molecule has 0 saturated carbocycles. The van der Waals surface area contributed by atoms with Gasteiger partial charge in [-0.2, -0.15) is 0 Å². The average Bonchev–Trinajstić information content (AvgIpc) is 1.89. The SMILES string of the molecule is CCOC(=S)S.OCCO.[KH]. The average molecular weight is 224 g/mol. The van der Waals surface area contributed by atoms with Crippen LogP contribution in [-0.2, 0) is 4.74 Å². The van der Waals surface area contributed by atoms with Crippen molar-refractivity contribution in [2.75, 3.05) is 19.8 Å². The number of hydrogen-bond acceptors (Lipinski definition) is 4. The van der Waals surface area contributed by atoms with E-state index in [9.17, 15) is 0 Å². The third-order valence-electron chi connectivity index (χ3n) is 0.368. The summed E-state index contributed by atoms with van der Waals surface area (Å²) in [5.74, 6) is 0. The zero-order chi connectivity index (χ0) is 8.41. The molecule has 0 bridgehead atoms. The van der Waals surface area contributed by atoms with E-state index in [1.165, 1.54) is 0 Å². The fraction of sp³-hybridized carbons (Fsp3) is 0.800. The number of hydrogen-bond donors (Lipinski definition) is 3. The Bertz CT molecular complexity index is 80.1. The van der Waals surface area contributed by atoms with Crippen molar-refractivity contribution >= 4 is 80.6 Å². The van der Waals surface area contributed by atoms with Gasteiger partial charge < -0.3 is 14.9 Å². The molecule has 0 aliphatic rings. The van der Waals surface area contributed by atoms with Crippen molar-refractivity contribution in [1.29, 1.82) is 0 Å². The van der Waals surface area contributed by atoms with E-state index in [2.05, 4.69) is 29.6 Å². The molecule has 11 heavy (non-hydrogen) atoms. The van der Waals surface area contributed by atoms with E-state index in [0.717, 1.165) is 0 Å². The predicted molar refractivity (Wildman–Crippen MR) is 54.5 cm³/mol. The van der Waals surface area contributed by atoms with Crippen LogP contribution in [0.4, 0.5) is 0 Å². The quantitative estimate of drug-likeness (QED) is 0.338. The van der Waals surface area contributed by atoms with Gasteiger partial charge in [-0.3, -0.25) is 0 Å². The molecule has 0 spiro atoms. The van der Waals surface area contributed by atoms with Crippen molar-refractivity contribution in [3.8, 4) is 0 Å². The molecule has 0 amide bonds. The summed E-state index contributed by atoms with van der Waals surface area (Å²) in [6.07, 6.45) is 0. The van der Waals surface area contributed by atoms with Gasteiger partial charge in [-0.1, -0.05) is 12.6 Å². The number of aliphatic hydroxyl groups is 2. The second-order valence-electron chi connectivity index (χ2n) is 1.15. The Balaban J connectivity index is -0.000000114. The van der Waals surface area contributed by atoms with Crippen molar-refractivity contribution in [1.82, 2.24) is 0 Å². The van der Waals surface area contributed by atoms with E-state index in [1.54, 1.807) is 0 Å². The molecule has 0 aromatic heterocycles. The third kappa shape index (κ3) is 33.7. The van der Waals surface area contributed by atoms with Crippen molar-refractivity contribution in [2.45, 2.75) is 6.92 Å². The first-order chi connectivity index (χ1) is 4.68. The van der Waals surface area contributed by atoms with E-state index in [1.807, 2.05) is 6.92 Å². The normalized spacial score (nSPS) is 6.91. The van der Waals surface area contributed by atoms with Crippen LogP contribution in [0, 0.1) is 0 Å². The fourth-order valence-corrected chi connectivity index (χ4v) is 0.370. The summed E-state index contributed by atoms with van der Waals surface area (Å²) in [7, 11) is 0. The van der Waals surface area contributed by atoms with Crippen LogP contribution in [0.15, 0.2) is 0 Å². The van der Waals surface area contributed by atoms with Crippen LogP contribution in [0.2, 0.25) is 0 Å². The minimum absolute atomic E-state index is 0. The van der Waals surface area contributed by atoms with Crippen molar-refractivity contribution < 1.29 is 14.9 Å². The molecule has 0 heterocycles. The van der Waals surface area contributed by atoms with E-state index in [4.69, 9.17) is 10.2 Å². The second kappa shape index (κ2) is 17.8. The zero-order valence-corrected chi connectivity index (χ0v) is 7.49. The monoisotopic (exact) mass is 224 g/mol. The van der Waals surface area contributed by atoms with Crippen molar-refractivity contribution in [2.24, 2.45) is 0 Å². The van der Waals surface area contributed by atoms with Gasteiger partial charge in [0.1, 0.15) is 0 Å². The van der Waals surface area contributed by atoms with Crippen molar-refractivity contribution in [3.05, 3.63) is 0 Å². The molecule has 64 valence electrons. The van der Waals surface area contributed by atoms with Gasteiger partial charge >= 0.3 is 51.4 Å². The molecule has 3 nitrogen and oxygen atoms in total. The molecule has 0 atom stereocenters. The molecule has 0 unspecified atom stereocenters. The standard InChI is InChI=1S/C3H6OS2.C2H6O2.K.H/c1-2-4-3(5)6;3-1-2-4;;/h2H2,1H3,(H,5,6);3-4H,1-2H2;;. The van der Waals surface area contributed by atoms with Gasteiger partial charge in [0.25, 0.3) is 0 Å². The van der Waals surface area contributed by atoms with E-state index >= 15 is 0 Å². The maximum absolute atomic E-state index is 7.62. The topological polar surface area (TPSA) is 49.7 Å². The molecule has 0 radical (unpaired) electrons.